The molecule has 1 aromatic heterocycles. The highest BCUT2D eigenvalue weighted by Gasteiger charge is 2.08. The van der Waals surface area contributed by atoms with Gasteiger partial charge in [-0.25, -0.2) is 4.98 Å². The number of benzene rings is 2. The fourth-order valence-corrected chi connectivity index (χ4v) is 3.51. The number of carbonyl (C=O) groups is 2. The lowest BCUT2D eigenvalue weighted by atomic mass is 10.2. The number of fused-ring (bicyclic) bond motifs is 1. The quantitative estimate of drug-likeness (QED) is 0.610. The molecule has 0 aliphatic heterocycles. The first-order valence-corrected chi connectivity index (χ1v) is 9.46. The Balaban J connectivity index is 1.36. The smallest absolute Gasteiger partial charge is 0.251 e. The Morgan fingerprint density at radius 3 is 2.50 bits per heavy atom. The maximum Gasteiger partial charge on any atom is 0.251 e. The van der Waals surface area contributed by atoms with Crippen LogP contribution in [-0.4, -0.2) is 29.9 Å². The average Bonchev–Trinajstić information content (AvgIpc) is 3.07. The zero-order valence-electron chi connectivity index (χ0n) is 14.0. The van der Waals surface area contributed by atoms with E-state index in [4.69, 9.17) is 11.6 Å². The molecular weight excluding hydrogens is 370 g/mol. The summed E-state index contributed by atoms with van der Waals surface area (Å²) in [4.78, 5) is 28.4. The van der Waals surface area contributed by atoms with Crippen molar-refractivity contribution >= 4 is 45.0 Å². The number of nitrogens with one attached hydrogen (secondary N) is 2. The Morgan fingerprint density at radius 1 is 1.00 bits per heavy atom. The standard InChI is InChI=1S/C19H18ClN3O2S/c20-14-7-5-13(6-8-14)19(25)22-12-11-21-17(24)9-10-18-23-15-3-1-2-4-16(15)26-18/h1-8H,9-12H2,(H,21,24)(H,22,25). The normalized spacial score (nSPS) is 10.7. The Hall–Kier alpha value is -2.44. The van der Waals surface area contributed by atoms with E-state index in [-0.39, 0.29) is 11.8 Å². The second kappa shape index (κ2) is 8.78. The number of carbonyl (C=O) groups excluding carboxylic acids is 2. The number of aromatic nitrogens is 1. The van der Waals surface area contributed by atoms with Crippen LogP contribution in [0.2, 0.25) is 5.02 Å². The number of hydrogen-bond acceptors (Lipinski definition) is 4. The fraction of sp³-hybridized carbons (Fsp3) is 0.211. The van der Waals surface area contributed by atoms with Gasteiger partial charge in [0.05, 0.1) is 15.2 Å². The van der Waals surface area contributed by atoms with Crippen molar-refractivity contribution in [3.05, 3.63) is 64.1 Å². The lowest BCUT2D eigenvalue weighted by Crippen LogP contribution is -2.34. The molecule has 5 nitrogen and oxygen atoms in total. The van der Waals surface area contributed by atoms with E-state index in [0.717, 1.165) is 15.2 Å². The topological polar surface area (TPSA) is 71.1 Å². The van der Waals surface area contributed by atoms with Gasteiger partial charge in [0.2, 0.25) is 5.91 Å². The number of para-hydroxylation sites is 1. The van der Waals surface area contributed by atoms with Gasteiger partial charge in [-0.05, 0) is 36.4 Å². The molecule has 0 saturated heterocycles. The van der Waals surface area contributed by atoms with Crippen molar-refractivity contribution < 1.29 is 9.59 Å². The molecule has 0 radical (unpaired) electrons. The number of nitrogens with zero attached hydrogens (tertiary/aromatic N) is 1. The number of hydrogen-bond donors (Lipinski definition) is 2. The van der Waals surface area contributed by atoms with Gasteiger partial charge in [-0.2, -0.15) is 0 Å². The third-order valence-corrected chi connectivity index (χ3v) is 5.09. The molecule has 1 heterocycles. The van der Waals surface area contributed by atoms with Crippen molar-refractivity contribution in [1.29, 1.82) is 0 Å². The maximum atomic E-state index is 11.9. The van der Waals surface area contributed by atoms with Crippen molar-refractivity contribution in [2.24, 2.45) is 0 Å². The average molecular weight is 388 g/mol. The number of rotatable bonds is 7. The molecule has 0 atom stereocenters. The molecule has 0 saturated carbocycles. The van der Waals surface area contributed by atoms with Crippen LogP contribution < -0.4 is 10.6 Å². The van der Waals surface area contributed by atoms with Crippen LogP contribution in [0.15, 0.2) is 48.5 Å². The molecular formula is C19H18ClN3O2S. The number of thiazole rings is 1. The molecule has 2 N–H and O–H groups in total. The largest absolute Gasteiger partial charge is 0.354 e. The van der Waals surface area contributed by atoms with Gasteiger partial charge in [0, 0.05) is 36.5 Å². The minimum Gasteiger partial charge on any atom is -0.354 e. The zero-order chi connectivity index (χ0) is 18.4. The van der Waals surface area contributed by atoms with Gasteiger partial charge in [-0.15, -0.1) is 11.3 Å². The maximum absolute atomic E-state index is 11.9. The van der Waals surface area contributed by atoms with Crippen molar-refractivity contribution in [1.82, 2.24) is 15.6 Å². The van der Waals surface area contributed by atoms with Crippen LogP contribution in [0.3, 0.4) is 0 Å². The third-order valence-electron chi connectivity index (χ3n) is 3.74. The Morgan fingerprint density at radius 2 is 1.73 bits per heavy atom. The number of aryl methyl sites for hydroxylation is 1. The third kappa shape index (κ3) is 5.03. The van der Waals surface area contributed by atoms with Crippen molar-refractivity contribution in [3.63, 3.8) is 0 Å². The molecule has 3 rings (SSSR count). The van der Waals surface area contributed by atoms with Gasteiger partial charge in [-0.3, -0.25) is 9.59 Å². The minimum atomic E-state index is -0.189. The molecule has 0 fully saturated rings. The molecule has 7 heteroatoms. The van der Waals surface area contributed by atoms with Crippen LogP contribution in [-0.2, 0) is 11.2 Å². The van der Waals surface area contributed by atoms with E-state index >= 15 is 0 Å². The van der Waals surface area contributed by atoms with Gasteiger partial charge in [0.1, 0.15) is 0 Å². The highest BCUT2D eigenvalue weighted by Crippen LogP contribution is 2.22. The van der Waals surface area contributed by atoms with Gasteiger partial charge in [0.25, 0.3) is 5.91 Å². The molecule has 0 aliphatic carbocycles. The zero-order valence-corrected chi connectivity index (χ0v) is 15.6. The summed E-state index contributed by atoms with van der Waals surface area (Å²) in [5.74, 6) is -0.240. The van der Waals surface area contributed by atoms with Crippen LogP contribution >= 0.6 is 22.9 Å². The van der Waals surface area contributed by atoms with E-state index in [1.807, 2.05) is 24.3 Å². The summed E-state index contributed by atoms with van der Waals surface area (Å²) in [6.07, 6.45) is 0.993. The van der Waals surface area contributed by atoms with Gasteiger partial charge in [0.15, 0.2) is 0 Å². The highest BCUT2D eigenvalue weighted by molar-refractivity contribution is 7.18. The van der Waals surface area contributed by atoms with Crippen LogP contribution in [0.25, 0.3) is 10.2 Å². The first-order chi connectivity index (χ1) is 12.6. The second-order valence-corrected chi connectivity index (χ2v) is 7.24. The first kappa shape index (κ1) is 18.4. The van der Waals surface area contributed by atoms with Crippen molar-refractivity contribution in [2.75, 3.05) is 13.1 Å². The summed E-state index contributed by atoms with van der Waals surface area (Å²) in [6, 6.07) is 14.6. The second-order valence-electron chi connectivity index (χ2n) is 5.69. The van der Waals surface area contributed by atoms with Gasteiger partial charge < -0.3 is 10.6 Å². The summed E-state index contributed by atoms with van der Waals surface area (Å²) in [5, 5.41) is 7.10. The Kier molecular flexibility index (Phi) is 6.20. The van der Waals surface area contributed by atoms with Crippen LogP contribution in [0.4, 0.5) is 0 Å². The highest BCUT2D eigenvalue weighted by atomic mass is 35.5. The fourth-order valence-electron chi connectivity index (χ4n) is 2.42. The first-order valence-electron chi connectivity index (χ1n) is 8.27. The van der Waals surface area contributed by atoms with Crippen molar-refractivity contribution in [3.8, 4) is 0 Å². The molecule has 0 aliphatic rings. The molecule has 0 bridgehead atoms. The van der Waals surface area contributed by atoms with E-state index in [1.54, 1.807) is 35.6 Å². The van der Waals surface area contributed by atoms with E-state index < -0.39 is 0 Å². The molecule has 0 spiro atoms. The predicted octanol–water partition coefficient (Wildman–Crippen LogP) is 3.43. The molecule has 2 aromatic carbocycles. The van der Waals surface area contributed by atoms with Crippen molar-refractivity contribution in [2.45, 2.75) is 12.8 Å². The summed E-state index contributed by atoms with van der Waals surface area (Å²) in [6.45, 7) is 0.756. The van der Waals surface area contributed by atoms with E-state index in [1.165, 1.54) is 0 Å². The summed E-state index contributed by atoms with van der Waals surface area (Å²) >= 11 is 7.40. The summed E-state index contributed by atoms with van der Waals surface area (Å²) in [5.41, 5.74) is 1.51. The van der Waals surface area contributed by atoms with Crippen LogP contribution in [0, 0.1) is 0 Å². The van der Waals surface area contributed by atoms with Gasteiger partial charge >= 0.3 is 0 Å². The molecule has 26 heavy (non-hydrogen) atoms. The van der Waals surface area contributed by atoms with Gasteiger partial charge in [-0.1, -0.05) is 23.7 Å². The number of amides is 2. The lowest BCUT2D eigenvalue weighted by Gasteiger charge is -2.07. The summed E-state index contributed by atoms with van der Waals surface area (Å²) in [7, 11) is 0. The predicted molar refractivity (Wildman–Crippen MR) is 105 cm³/mol. The lowest BCUT2D eigenvalue weighted by molar-refractivity contribution is -0.121. The molecule has 134 valence electrons. The Labute approximate surface area is 160 Å². The molecule has 2 amide bonds. The number of halogens is 1. The monoisotopic (exact) mass is 387 g/mol. The minimum absolute atomic E-state index is 0.0509. The molecule has 3 aromatic rings. The molecule has 0 unspecified atom stereocenters. The van der Waals surface area contributed by atoms with Crippen LogP contribution in [0.5, 0.6) is 0 Å². The van der Waals surface area contributed by atoms with E-state index in [0.29, 0.717) is 36.5 Å². The van der Waals surface area contributed by atoms with E-state index in [9.17, 15) is 9.59 Å². The van der Waals surface area contributed by atoms with Crippen LogP contribution in [0.1, 0.15) is 21.8 Å². The summed E-state index contributed by atoms with van der Waals surface area (Å²) < 4.78 is 1.13. The SMILES string of the molecule is O=C(CCc1nc2ccccc2s1)NCCNC(=O)c1ccc(Cl)cc1. The van der Waals surface area contributed by atoms with E-state index in [2.05, 4.69) is 15.6 Å². The Bertz CT molecular complexity index is 876.